The molecular formula is C15H24N4OS. The number of thiophene rings is 1. The zero-order valence-electron chi connectivity index (χ0n) is 12.6. The minimum absolute atomic E-state index is 0.319. The number of hydrogen-bond donors (Lipinski definition) is 1. The maximum Gasteiger partial charge on any atom is 0.191 e. The molecule has 1 aromatic rings. The molecule has 1 saturated heterocycles. The topological polar surface area (TPSA) is 54.1 Å². The molecule has 5 nitrogen and oxygen atoms in total. The molecule has 21 heavy (non-hydrogen) atoms. The second kappa shape index (κ2) is 6.77. The van der Waals surface area contributed by atoms with Gasteiger partial charge in [0.1, 0.15) is 0 Å². The quantitative estimate of drug-likeness (QED) is 0.662. The molecule has 1 saturated carbocycles. The third-order valence-corrected chi connectivity index (χ3v) is 5.21. The Balaban J connectivity index is 1.68. The summed E-state index contributed by atoms with van der Waals surface area (Å²) in [5.41, 5.74) is 6.13. The number of morpholine rings is 1. The molecule has 0 bridgehead atoms. The van der Waals surface area contributed by atoms with Gasteiger partial charge in [0.15, 0.2) is 5.96 Å². The summed E-state index contributed by atoms with van der Waals surface area (Å²) in [6.07, 6.45) is 2.48. The Morgan fingerprint density at radius 2 is 2.29 bits per heavy atom. The van der Waals surface area contributed by atoms with Crippen LogP contribution in [0, 0.1) is 0 Å². The number of ether oxygens (including phenoxy) is 1. The molecule has 1 aromatic heterocycles. The van der Waals surface area contributed by atoms with Crippen molar-refractivity contribution in [2.45, 2.75) is 24.9 Å². The summed E-state index contributed by atoms with van der Waals surface area (Å²) in [5.74, 6) is 0.673. The number of aliphatic imine (C=N–C) groups is 1. The summed E-state index contributed by atoms with van der Waals surface area (Å²) < 4.78 is 5.46. The smallest absolute Gasteiger partial charge is 0.191 e. The van der Waals surface area contributed by atoms with Crippen LogP contribution in [-0.2, 0) is 4.74 Å². The van der Waals surface area contributed by atoms with Crippen LogP contribution in [0.2, 0.25) is 0 Å². The van der Waals surface area contributed by atoms with Crippen LogP contribution in [0.15, 0.2) is 22.5 Å². The summed E-state index contributed by atoms with van der Waals surface area (Å²) >= 11 is 1.80. The van der Waals surface area contributed by atoms with Crippen molar-refractivity contribution in [3.05, 3.63) is 22.4 Å². The van der Waals surface area contributed by atoms with Gasteiger partial charge in [-0.25, -0.2) is 0 Å². The van der Waals surface area contributed by atoms with E-state index in [1.807, 2.05) is 7.05 Å². The van der Waals surface area contributed by atoms with Crippen molar-refractivity contribution in [2.75, 3.05) is 39.9 Å². The lowest BCUT2D eigenvalue weighted by molar-refractivity contribution is 0.0186. The zero-order chi connectivity index (χ0) is 14.7. The van der Waals surface area contributed by atoms with E-state index in [-0.39, 0.29) is 0 Å². The van der Waals surface area contributed by atoms with Crippen LogP contribution in [0.1, 0.15) is 23.8 Å². The van der Waals surface area contributed by atoms with Crippen molar-refractivity contribution in [1.82, 2.24) is 9.80 Å². The van der Waals surface area contributed by atoms with Crippen LogP contribution >= 0.6 is 11.3 Å². The molecule has 1 aliphatic heterocycles. The third-order valence-electron chi connectivity index (χ3n) is 4.24. The van der Waals surface area contributed by atoms with Crippen LogP contribution in [0.4, 0.5) is 0 Å². The van der Waals surface area contributed by atoms with Gasteiger partial charge in [0.2, 0.25) is 0 Å². The van der Waals surface area contributed by atoms with E-state index in [4.69, 9.17) is 10.5 Å². The number of nitrogens with two attached hydrogens (primary N) is 1. The first-order chi connectivity index (χ1) is 10.3. The van der Waals surface area contributed by atoms with E-state index < -0.39 is 0 Å². The highest BCUT2D eigenvalue weighted by Crippen LogP contribution is 2.27. The molecule has 0 aromatic carbocycles. The van der Waals surface area contributed by atoms with Crippen LogP contribution in [0.5, 0.6) is 0 Å². The van der Waals surface area contributed by atoms with Gasteiger partial charge in [0.05, 0.1) is 25.8 Å². The van der Waals surface area contributed by atoms with Crippen molar-refractivity contribution >= 4 is 17.3 Å². The molecule has 0 radical (unpaired) electrons. The lowest BCUT2D eigenvalue weighted by Gasteiger charge is -2.33. The zero-order valence-corrected chi connectivity index (χ0v) is 13.4. The van der Waals surface area contributed by atoms with Gasteiger partial charge >= 0.3 is 0 Å². The molecule has 6 heteroatoms. The maximum atomic E-state index is 6.13. The van der Waals surface area contributed by atoms with Crippen molar-refractivity contribution in [3.8, 4) is 0 Å². The Morgan fingerprint density at radius 3 is 2.90 bits per heavy atom. The van der Waals surface area contributed by atoms with Gasteiger partial charge in [-0.1, -0.05) is 6.07 Å². The normalized spacial score (nSPS) is 22.2. The molecule has 2 N–H and O–H groups in total. The van der Waals surface area contributed by atoms with Gasteiger partial charge in [0.25, 0.3) is 0 Å². The van der Waals surface area contributed by atoms with Gasteiger partial charge in [-0.15, -0.1) is 11.3 Å². The lowest BCUT2D eigenvalue weighted by Crippen LogP contribution is -2.41. The van der Waals surface area contributed by atoms with Gasteiger partial charge in [-0.3, -0.25) is 9.89 Å². The first-order valence-corrected chi connectivity index (χ1v) is 8.51. The molecule has 1 unspecified atom stereocenters. The van der Waals surface area contributed by atoms with Crippen LogP contribution in [0.25, 0.3) is 0 Å². The SMILES string of the molecule is CN(C(N)=NCC(c1cccs1)N1CCOCC1)C1CC1. The monoisotopic (exact) mass is 308 g/mol. The van der Waals surface area contributed by atoms with E-state index >= 15 is 0 Å². The molecule has 0 amide bonds. The summed E-state index contributed by atoms with van der Waals surface area (Å²) in [7, 11) is 2.05. The highest BCUT2D eigenvalue weighted by Gasteiger charge is 2.28. The molecular weight excluding hydrogens is 284 g/mol. The van der Waals surface area contributed by atoms with E-state index in [9.17, 15) is 0 Å². The highest BCUT2D eigenvalue weighted by atomic mass is 32.1. The average molecular weight is 308 g/mol. The van der Waals surface area contributed by atoms with E-state index in [0.29, 0.717) is 18.0 Å². The van der Waals surface area contributed by atoms with Crippen LogP contribution < -0.4 is 5.73 Å². The molecule has 116 valence electrons. The molecule has 1 atom stereocenters. The summed E-state index contributed by atoms with van der Waals surface area (Å²) in [6.45, 7) is 4.28. The average Bonchev–Trinajstić information content (AvgIpc) is 3.24. The van der Waals surface area contributed by atoms with Crippen molar-refractivity contribution in [2.24, 2.45) is 10.7 Å². The molecule has 2 aliphatic rings. The Bertz CT molecular complexity index is 466. The Morgan fingerprint density at radius 1 is 1.52 bits per heavy atom. The van der Waals surface area contributed by atoms with Gasteiger partial charge < -0.3 is 15.4 Å². The highest BCUT2D eigenvalue weighted by molar-refractivity contribution is 7.10. The summed E-state index contributed by atoms with van der Waals surface area (Å²) in [4.78, 5) is 10.6. The predicted octanol–water partition coefficient (Wildman–Crippen LogP) is 1.53. The van der Waals surface area contributed by atoms with E-state index in [1.54, 1.807) is 11.3 Å². The Kier molecular flexibility index (Phi) is 4.77. The minimum Gasteiger partial charge on any atom is -0.379 e. The van der Waals surface area contributed by atoms with Crippen molar-refractivity contribution in [3.63, 3.8) is 0 Å². The molecule has 1 aliphatic carbocycles. The molecule has 0 spiro atoms. The number of guanidine groups is 1. The van der Waals surface area contributed by atoms with Crippen LogP contribution in [0.3, 0.4) is 0 Å². The third kappa shape index (κ3) is 3.75. The Labute approximate surface area is 130 Å². The lowest BCUT2D eigenvalue weighted by atomic mass is 10.2. The van der Waals surface area contributed by atoms with E-state index in [0.717, 1.165) is 32.8 Å². The molecule has 3 rings (SSSR count). The van der Waals surface area contributed by atoms with E-state index in [1.165, 1.54) is 17.7 Å². The fourth-order valence-corrected chi connectivity index (χ4v) is 3.55. The largest absolute Gasteiger partial charge is 0.379 e. The number of nitrogens with zero attached hydrogens (tertiary/aromatic N) is 3. The van der Waals surface area contributed by atoms with Gasteiger partial charge in [-0.05, 0) is 24.3 Å². The van der Waals surface area contributed by atoms with Crippen LogP contribution in [-0.4, -0.2) is 61.7 Å². The second-order valence-corrected chi connectivity index (χ2v) is 6.70. The fraction of sp³-hybridized carbons (Fsp3) is 0.667. The first kappa shape index (κ1) is 14.8. The maximum absolute atomic E-state index is 6.13. The minimum atomic E-state index is 0.319. The molecule has 2 heterocycles. The van der Waals surface area contributed by atoms with Gasteiger partial charge in [0, 0.05) is 31.1 Å². The van der Waals surface area contributed by atoms with E-state index in [2.05, 4.69) is 32.3 Å². The number of rotatable bonds is 5. The van der Waals surface area contributed by atoms with Crippen molar-refractivity contribution in [1.29, 1.82) is 0 Å². The Hall–Kier alpha value is -1.11. The number of hydrogen-bond acceptors (Lipinski definition) is 4. The standard InChI is InChI=1S/C15H24N4OS/c1-18(12-4-5-12)15(16)17-11-13(14-3-2-10-21-14)19-6-8-20-9-7-19/h2-3,10,12-13H,4-9,11H2,1H3,(H2,16,17). The van der Waals surface area contributed by atoms with Gasteiger partial charge in [-0.2, -0.15) is 0 Å². The van der Waals surface area contributed by atoms with Crippen molar-refractivity contribution < 1.29 is 4.74 Å². The molecule has 2 fully saturated rings. The second-order valence-electron chi connectivity index (χ2n) is 5.72. The fourth-order valence-electron chi connectivity index (χ4n) is 2.70. The summed E-state index contributed by atoms with van der Waals surface area (Å²) in [5, 5.41) is 2.13. The predicted molar refractivity (Wildman–Crippen MR) is 86.7 cm³/mol. The summed E-state index contributed by atoms with van der Waals surface area (Å²) in [6, 6.07) is 5.23. The first-order valence-electron chi connectivity index (χ1n) is 7.63.